The molecule has 4 heterocycles. The van der Waals surface area contributed by atoms with Gasteiger partial charge in [0.25, 0.3) is 5.88 Å². The van der Waals surface area contributed by atoms with Crippen molar-refractivity contribution in [2.24, 2.45) is 7.05 Å². The molecule has 1 fully saturated rings. The van der Waals surface area contributed by atoms with Crippen LogP contribution < -0.4 is 25.6 Å². The molecule has 0 aromatic carbocycles. The number of methoxy groups -OCH3 is 1. The molecule has 3 aromatic heterocycles. The number of hydrogen-bond acceptors (Lipinski definition) is 10. The summed E-state index contributed by atoms with van der Waals surface area (Å²) < 4.78 is 28.8. The van der Waals surface area contributed by atoms with Gasteiger partial charge in [-0.1, -0.05) is 6.58 Å². The maximum absolute atomic E-state index is 14.7. The quantitative estimate of drug-likeness (QED) is 0.249. The number of nitrogens with zero attached hydrogens (tertiary/aromatic N) is 7. The summed E-state index contributed by atoms with van der Waals surface area (Å²) in [7, 11) is 3.31. The normalized spacial score (nSPS) is 17.1. The minimum Gasteiger partial charge on any atom is -0.478 e. The van der Waals surface area contributed by atoms with Crippen LogP contribution in [-0.2, 0) is 23.1 Å². The Labute approximate surface area is 230 Å². The number of alkyl carbamates (subject to hydrolysis) is 1. The van der Waals surface area contributed by atoms with Crippen LogP contribution in [0.1, 0.15) is 27.2 Å². The minimum absolute atomic E-state index is 0.0173. The van der Waals surface area contributed by atoms with Gasteiger partial charge in [0.05, 0.1) is 32.2 Å². The number of alkyl halides is 1. The third kappa shape index (κ3) is 6.76. The Morgan fingerprint density at radius 1 is 1.27 bits per heavy atom. The van der Waals surface area contributed by atoms with Gasteiger partial charge < -0.3 is 34.9 Å². The molecule has 40 heavy (non-hydrogen) atoms. The number of carbonyl (C=O) groups excluding carboxylic acids is 2. The number of nitrogens with one attached hydrogen (secondary N) is 3. The molecule has 0 radical (unpaired) electrons. The van der Waals surface area contributed by atoms with Crippen LogP contribution in [0.2, 0.25) is 0 Å². The summed E-state index contributed by atoms with van der Waals surface area (Å²) >= 11 is 0. The van der Waals surface area contributed by atoms with Gasteiger partial charge in [-0.25, -0.2) is 14.2 Å². The summed E-state index contributed by atoms with van der Waals surface area (Å²) in [5, 5.41) is 13.0. The summed E-state index contributed by atoms with van der Waals surface area (Å²) in [5.74, 6) is 0.571. The fraction of sp³-hybridized carbons (Fsp3) is 0.520. The maximum atomic E-state index is 14.7. The van der Waals surface area contributed by atoms with Crippen LogP contribution in [0, 0.1) is 0 Å². The van der Waals surface area contributed by atoms with Gasteiger partial charge in [0, 0.05) is 26.7 Å². The zero-order chi connectivity index (χ0) is 29.0. The summed E-state index contributed by atoms with van der Waals surface area (Å²) in [6, 6.07) is -0.712. The van der Waals surface area contributed by atoms with Crippen molar-refractivity contribution in [2.75, 3.05) is 37.0 Å². The predicted molar refractivity (Wildman–Crippen MR) is 146 cm³/mol. The molecule has 1 saturated heterocycles. The van der Waals surface area contributed by atoms with E-state index in [4.69, 9.17) is 9.47 Å². The number of rotatable bonds is 10. The lowest BCUT2D eigenvalue weighted by Crippen LogP contribution is -2.40. The highest BCUT2D eigenvalue weighted by molar-refractivity contribution is 5.88. The summed E-state index contributed by atoms with van der Waals surface area (Å²) in [6.07, 6.45) is 3.32. The van der Waals surface area contributed by atoms with E-state index in [1.165, 1.54) is 7.11 Å². The highest BCUT2D eigenvalue weighted by Crippen LogP contribution is 2.31. The summed E-state index contributed by atoms with van der Waals surface area (Å²) in [6.45, 7) is 9.96. The van der Waals surface area contributed by atoms with Gasteiger partial charge in [-0.05, 0) is 33.3 Å². The van der Waals surface area contributed by atoms with Crippen molar-refractivity contribution in [3.8, 4) is 5.88 Å². The number of anilines is 3. The second-order valence-electron chi connectivity index (χ2n) is 10.4. The molecule has 15 heteroatoms. The number of aromatic nitrogens is 6. The molecule has 0 unspecified atom stereocenters. The Bertz CT molecular complexity index is 1380. The van der Waals surface area contributed by atoms with E-state index in [-0.39, 0.29) is 19.0 Å². The highest BCUT2D eigenvalue weighted by Gasteiger charge is 2.35. The van der Waals surface area contributed by atoms with Gasteiger partial charge in [0.2, 0.25) is 11.9 Å². The highest BCUT2D eigenvalue weighted by atomic mass is 19.1. The second-order valence-corrected chi connectivity index (χ2v) is 10.4. The average molecular weight is 559 g/mol. The van der Waals surface area contributed by atoms with E-state index in [1.807, 2.05) is 0 Å². The fourth-order valence-corrected chi connectivity index (χ4v) is 4.16. The van der Waals surface area contributed by atoms with Crippen LogP contribution in [0.15, 0.2) is 25.2 Å². The number of ether oxygens (including phenoxy) is 2. The predicted octanol–water partition coefficient (Wildman–Crippen LogP) is 2.06. The first-order chi connectivity index (χ1) is 19.0. The van der Waals surface area contributed by atoms with Gasteiger partial charge in [0.1, 0.15) is 17.5 Å². The van der Waals surface area contributed by atoms with Crippen molar-refractivity contribution in [1.29, 1.82) is 0 Å². The lowest BCUT2D eigenvalue weighted by Gasteiger charge is -2.19. The first kappa shape index (κ1) is 28.6. The maximum Gasteiger partial charge on any atom is 0.407 e. The first-order valence-corrected chi connectivity index (χ1v) is 12.8. The van der Waals surface area contributed by atoms with E-state index in [0.29, 0.717) is 48.1 Å². The number of aryl methyl sites for hydroxylation is 2. The number of hydrogen-bond donors (Lipinski definition) is 3. The number of carbonyl (C=O) groups is 2. The van der Waals surface area contributed by atoms with Crippen molar-refractivity contribution >= 4 is 40.6 Å². The Kier molecular flexibility index (Phi) is 8.40. The van der Waals surface area contributed by atoms with Crippen molar-refractivity contribution in [2.45, 2.75) is 51.6 Å². The number of fused-ring (bicyclic) bond motifs is 1. The molecule has 0 spiro atoms. The molecule has 0 bridgehead atoms. The zero-order valence-corrected chi connectivity index (χ0v) is 23.3. The Hall–Kier alpha value is -4.43. The second kappa shape index (κ2) is 11.8. The Morgan fingerprint density at radius 3 is 2.75 bits per heavy atom. The van der Waals surface area contributed by atoms with Gasteiger partial charge >= 0.3 is 6.09 Å². The molecule has 1 aliphatic rings. The molecule has 3 N–H and O–H groups in total. The molecule has 2 amide bonds. The lowest BCUT2D eigenvalue weighted by molar-refractivity contribution is -0.117. The minimum atomic E-state index is -1.30. The lowest BCUT2D eigenvalue weighted by atomic mass is 10.2. The number of halogens is 1. The van der Waals surface area contributed by atoms with Crippen molar-refractivity contribution in [1.82, 2.24) is 39.9 Å². The van der Waals surface area contributed by atoms with E-state index in [0.717, 1.165) is 6.08 Å². The molecule has 1 aliphatic heterocycles. The van der Waals surface area contributed by atoms with Crippen molar-refractivity contribution < 1.29 is 23.5 Å². The SMILES string of the molecule is C=CC(=O)N[C@@H]1CN(c2nc(Nc3cn(CCCNC(=O)OC(C)(C)C)nc3OC)c3ncn(C)c3n2)C[C@H]1F. The Morgan fingerprint density at radius 2 is 2.05 bits per heavy atom. The van der Waals surface area contributed by atoms with Gasteiger partial charge in [-0.15, -0.1) is 5.10 Å². The van der Waals surface area contributed by atoms with Crippen LogP contribution in [0.3, 0.4) is 0 Å². The molecule has 4 rings (SSSR count). The average Bonchev–Trinajstić information content (AvgIpc) is 3.57. The smallest absolute Gasteiger partial charge is 0.407 e. The molecule has 2 atom stereocenters. The van der Waals surface area contributed by atoms with Crippen LogP contribution >= 0.6 is 0 Å². The van der Waals surface area contributed by atoms with E-state index >= 15 is 0 Å². The Balaban J connectivity index is 1.49. The third-order valence-corrected chi connectivity index (χ3v) is 6.00. The topological polar surface area (TPSA) is 153 Å². The van der Waals surface area contributed by atoms with Gasteiger partial charge in [-0.3, -0.25) is 9.48 Å². The van der Waals surface area contributed by atoms with Crippen LogP contribution in [0.5, 0.6) is 5.88 Å². The fourth-order valence-electron chi connectivity index (χ4n) is 4.16. The van der Waals surface area contributed by atoms with E-state index in [9.17, 15) is 14.0 Å². The molecule has 0 aliphatic carbocycles. The molecular formula is C25H35FN10O4. The molecule has 216 valence electrons. The first-order valence-electron chi connectivity index (χ1n) is 12.8. The molecule has 14 nitrogen and oxygen atoms in total. The molecule has 0 saturated carbocycles. The number of amides is 2. The van der Waals surface area contributed by atoms with Crippen molar-refractivity contribution in [3.63, 3.8) is 0 Å². The standard InChI is InChI=1S/C25H35FN10O4/c1-7-18(37)29-16-12-35(11-15(16)26)23-31-20(19-21(32-23)34(5)14-28-19)30-17-13-36(33-22(17)39-6)10-8-9-27-24(38)40-25(2,3)4/h7,13-16H,1,8-12H2,2-6H3,(H,27,38)(H,29,37)(H,30,31,32)/t15-,16-/m1/s1. The largest absolute Gasteiger partial charge is 0.478 e. The monoisotopic (exact) mass is 558 g/mol. The summed E-state index contributed by atoms with van der Waals surface area (Å²) in [5.41, 5.74) is 1.03. The molecular weight excluding hydrogens is 523 g/mol. The van der Waals surface area contributed by atoms with Crippen molar-refractivity contribution in [3.05, 3.63) is 25.2 Å². The van der Waals surface area contributed by atoms with E-state index in [1.54, 1.807) is 54.5 Å². The van der Waals surface area contributed by atoms with Crippen LogP contribution in [0.4, 0.5) is 26.6 Å². The zero-order valence-electron chi connectivity index (χ0n) is 23.3. The van der Waals surface area contributed by atoms with Gasteiger partial charge in [-0.2, -0.15) is 9.97 Å². The van der Waals surface area contributed by atoms with Crippen LogP contribution in [-0.4, -0.2) is 85.9 Å². The third-order valence-electron chi connectivity index (χ3n) is 6.00. The van der Waals surface area contributed by atoms with E-state index < -0.39 is 29.8 Å². The number of imidazole rings is 1. The van der Waals surface area contributed by atoms with Crippen LogP contribution in [0.25, 0.3) is 11.2 Å². The van der Waals surface area contributed by atoms with E-state index in [2.05, 4.69) is 42.6 Å². The molecule has 3 aromatic rings. The summed E-state index contributed by atoms with van der Waals surface area (Å²) in [4.78, 5) is 38.9. The van der Waals surface area contributed by atoms with Gasteiger partial charge in [0.15, 0.2) is 17.0 Å².